The Morgan fingerprint density at radius 1 is 1.27 bits per heavy atom. The second-order valence-electron chi connectivity index (χ2n) is 3.49. The van der Waals surface area contributed by atoms with E-state index < -0.39 is 13.9 Å². The fraction of sp³-hybridized carbons (Fsp3) is 1.00. The Labute approximate surface area is 91.0 Å². The van der Waals surface area contributed by atoms with Gasteiger partial charge in [-0.15, -0.1) is 0 Å². The third-order valence-electron chi connectivity index (χ3n) is 2.02. The van der Waals surface area contributed by atoms with Gasteiger partial charge in [-0.2, -0.15) is 0 Å². The van der Waals surface area contributed by atoms with E-state index in [0.29, 0.717) is 0 Å². The van der Waals surface area contributed by atoms with E-state index in [-0.39, 0.29) is 32.2 Å². The van der Waals surface area contributed by atoms with Gasteiger partial charge in [0.15, 0.2) is 0 Å². The average molecular weight is 244 g/mol. The number of rotatable bonds is 8. The SMILES string of the molecule is CCO[PH](O)(OCC)C(F)CC(C)CO. The third kappa shape index (κ3) is 5.18. The molecular weight excluding hydrogens is 222 g/mol. The van der Waals surface area contributed by atoms with Gasteiger partial charge in [0.2, 0.25) is 0 Å². The Kier molecular flexibility index (Phi) is 7.57. The summed E-state index contributed by atoms with van der Waals surface area (Å²) in [5.74, 6) is -1.74. The van der Waals surface area contributed by atoms with E-state index in [1.54, 1.807) is 20.8 Å². The molecule has 15 heavy (non-hydrogen) atoms. The maximum absolute atomic E-state index is 13.7. The van der Waals surface area contributed by atoms with Crippen molar-refractivity contribution in [2.75, 3.05) is 19.8 Å². The first kappa shape index (κ1) is 15.2. The standard InChI is InChI=1S/C9H22FO4P/c1-4-13-15(12,14-5-2)9(10)6-8(3)7-11/h8-9,11-12,15H,4-7H2,1-3H3. The van der Waals surface area contributed by atoms with Gasteiger partial charge in [-0.25, -0.2) is 0 Å². The molecule has 2 unspecified atom stereocenters. The van der Waals surface area contributed by atoms with E-state index >= 15 is 0 Å². The van der Waals surface area contributed by atoms with Crippen molar-refractivity contribution >= 4 is 7.94 Å². The minimum absolute atomic E-state index is 0.0548. The van der Waals surface area contributed by atoms with Crippen LogP contribution < -0.4 is 0 Å². The minimum atomic E-state index is -3.71. The van der Waals surface area contributed by atoms with Crippen molar-refractivity contribution in [3.8, 4) is 0 Å². The Hall–Kier alpha value is 0.200. The van der Waals surface area contributed by atoms with Crippen molar-refractivity contribution in [3.63, 3.8) is 0 Å². The Bertz CT molecular complexity index is 164. The number of aliphatic hydroxyl groups excluding tert-OH is 1. The number of hydrogen-bond donors (Lipinski definition) is 2. The van der Waals surface area contributed by atoms with Crippen LogP contribution in [0.1, 0.15) is 27.2 Å². The van der Waals surface area contributed by atoms with Crippen LogP contribution in [0.25, 0.3) is 0 Å². The van der Waals surface area contributed by atoms with E-state index in [0.717, 1.165) is 0 Å². The van der Waals surface area contributed by atoms with Crippen molar-refractivity contribution in [2.45, 2.75) is 33.1 Å². The quantitative estimate of drug-likeness (QED) is 0.640. The van der Waals surface area contributed by atoms with Gasteiger partial charge in [-0.1, -0.05) is 0 Å². The summed E-state index contributed by atoms with van der Waals surface area (Å²) in [6.07, 6.45) is 0.0548. The van der Waals surface area contributed by atoms with E-state index in [1.165, 1.54) is 0 Å². The molecule has 0 saturated heterocycles. The van der Waals surface area contributed by atoms with Gasteiger partial charge in [0.1, 0.15) is 0 Å². The fourth-order valence-electron chi connectivity index (χ4n) is 1.21. The predicted octanol–water partition coefficient (Wildman–Crippen LogP) is 1.86. The average Bonchev–Trinajstić information content (AvgIpc) is 2.18. The Balaban J connectivity index is 4.32. The summed E-state index contributed by atoms with van der Waals surface area (Å²) in [7, 11) is -3.71. The van der Waals surface area contributed by atoms with Gasteiger partial charge in [-0.05, 0) is 0 Å². The Morgan fingerprint density at radius 2 is 1.73 bits per heavy atom. The first-order chi connectivity index (χ1) is 7.00. The number of hydrogen-bond acceptors (Lipinski definition) is 4. The fourth-order valence-corrected chi connectivity index (χ4v) is 3.19. The number of halogens is 1. The molecule has 0 aromatic carbocycles. The van der Waals surface area contributed by atoms with Crippen LogP contribution in [0, 0.1) is 5.92 Å². The summed E-state index contributed by atoms with van der Waals surface area (Å²) in [5, 5.41) is 8.79. The van der Waals surface area contributed by atoms with Crippen LogP contribution in [-0.2, 0) is 9.05 Å². The zero-order chi connectivity index (χ0) is 11.9. The summed E-state index contributed by atoms with van der Waals surface area (Å²) < 4.78 is 23.7. The molecule has 94 valence electrons. The first-order valence-electron chi connectivity index (χ1n) is 5.25. The molecule has 0 bridgehead atoms. The maximum atomic E-state index is 13.7. The molecule has 0 amide bonds. The Morgan fingerprint density at radius 3 is 2.07 bits per heavy atom. The second kappa shape index (κ2) is 7.47. The summed E-state index contributed by atoms with van der Waals surface area (Å²) >= 11 is 0. The molecule has 0 aromatic heterocycles. The normalized spacial score (nSPS) is 17.5. The van der Waals surface area contributed by atoms with Crippen LogP contribution in [0.2, 0.25) is 0 Å². The number of aliphatic hydroxyl groups is 1. The summed E-state index contributed by atoms with van der Waals surface area (Å²) in [6.45, 7) is 5.40. The van der Waals surface area contributed by atoms with Crippen LogP contribution in [-0.4, -0.2) is 35.7 Å². The van der Waals surface area contributed by atoms with Crippen LogP contribution >= 0.6 is 7.94 Å². The molecule has 0 rings (SSSR count). The molecule has 0 saturated carbocycles. The third-order valence-corrected chi connectivity index (χ3v) is 4.45. The van der Waals surface area contributed by atoms with E-state index in [4.69, 9.17) is 14.2 Å². The van der Waals surface area contributed by atoms with E-state index in [9.17, 15) is 9.28 Å². The van der Waals surface area contributed by atoms with Crippen molar-refractivity contribution in [1.29, 1.82) is 0 Å². The molecule has 0 radical (unpaired) electrons. The van der Waals surface area contributed by atoms with Crippen molar-refractivity contribution in [3.05, 3.63) is 0 Å². The molecule has 0 aliphatic rings. The topological polar surface area (TPSA) is 58.9 Å². The molecule has 2 atom stereocenters. The van der Waals surface area contributed by atoms with Crippen molar-refractivity contribution in [1.82, 2.24) is 0 Å². The van der Waals surface area contributed by atoms with Gasteiger partial charge >= 0.3 is 90.2 Å². The van der Waals surface area contributed by atoms with Gasteiger partial charge in [0, 0.05) is 0 Å². The molecule has 6 heteroatoms. The zero-order valence-corrected chi connectivity index (χ0v) is 10.6. The molecule has 0 spiro atoms. The predicted molar refractivity (Wildman–Crippen MR) is 59.5 cm³/mol. The molecule has 0 aliphatic carbocycles. The molecule has 0 aromatic rings. The number of alkyl halides is 1. The van der Waals surface area contributed by atoms with Crippen molar-refractivity contribution < 1.29 is 23.4 Å². The molecule has 0 heterocycles. The molecule has 0 fully saturated rings. The monoisotopic (exact) mass is 244 g/mol. The summed E-state index contributed by atoms with van der Waals surface area (Å²) in [5.41, 5.74) is 0. The molecule has 4 nitrogen and oxygen atoms in total. The van der Waals surface area contributed by atoms with E-state index in [2.05, 4.69) is 0 Å². The van der Waals surface area contributed by atoms with Gasteiger partial charge in [0.05, 0.1) is 0 Å². The van der Waals surface area contributed by atoms with Gasteiger partial charge in [-0.3, -0.25) is 0 Å². The van der Waals surface area contributed by atoms with Crippen LogP contribution in [0.3, 0.4) is 0 Å². The van der Waals surface area contributed by atoms with Crippen LogP contribution in [0.5, 0.6) is 0 Å². The second-order valence-corrected chi connectivity index (χ2v) is 5.95. The molecule has 2 N–H and O–H groups in total. The molecule has 0 aliphatic heterocycles. The van der Waals surface area contributed by atoms with Crippen LogP contribution in [0.4, 0.5) is 4.39 Å². The molecular formula is C9H22FO4P. The van der Waals surface area contributed by atoms with Gasteiger partial charge in [0.25, 0.3) is 0 Å². The van der Waals surface area contributed by atoms with E-state index in [1.807, 2.05) is 0 Å². The van der Waals surface area contributed by atoms with Crippen LogP contribution in [0.15, 0.2) is 0 Å². The van der Waals surface area contributed by atoms with Crippen molar-refractivity contribution in [2.24, 2.45) is 5.92 Å². The summed E-state index contributed by atoms with van der Waals surface area (Å²) in [6, 6.07) is 0. The zero-order valence-electron chi connectivity index (χ0n) is 9.57. The summed E-state index contributed by atoms with van der Waals surface area (Å²) in [4.78, 5) is 9.86. The first-order valence-corrected chi connectivity index (χ1v) is 7.09. The van der Waals surface area contributed by atoms with Gasteiger partial charge < -0.3 is 0 Å².